The monoisotopic (exact) mass is 243 g/mol. The van der Waals surface area contributed by atoms with E-state index in [1.54, 1.807) is 0 Å². The quantitative estimate of drug-likeness (QED) is 0.900. The maximum atomic E-state index is 5.69. The van der Waals surface area contributed by atoms with Gasteiger partial charge in [0.2, 0.25) is 0 Å². The molecule has 0 saturated heterocycles. The molecule has 1 aromatic heterocycles. The molecule has 3 heteroatoms. The van der Waals surface area contributed by atoms with Crippen molar-refractivity contribution in [1.82, 2.24) is 9.78 Å². The summed E-state index contributed by atoms with van der Waals surface area (Å²) in [4.78, 5) is 0. The molecule has 1 heterocycles. The Morgan fingerprint density at radius 2 is 1.83 bits per heavy atom. The van der Waals surface area contributed by atoms with Gasteiger partial charge >= 0.3 is 0 Å². The number of nitrogens with two attached hydrogens (primary N) is 1. The van der Waals surface area contributed by atoms with Crippen LogP contribution in [0.2, 0.25) is 0 Å². The summed E-state index contributed by atoms with van der Waals surface area (Å²) >= 11 is 0. The second-order valence-corrected chi connectivity index (χ2v) is 4.85. The Hall–Kier alpha value is -1.61. The SMILES string of the molecule is Cc1ccc(-c2cnn(C)c2CCN)c(C)c1C. The summed E-state index contributed by atoms with van der Waals surface area (Å²) in [5.41, 5.74) is 13.4. The third kappa shape index (κ3) is 2.06. The van der Waals surface area contributed by atoms with Crippen molar-refractivity contribution >= 4 is 0 Å². The van der Waals surface area contributed by atoms with Gasteiger partial charge in [-0.25, -0.2) is 0 Å². The fourth-order valence-electron chi connectivity index (χ4n) is 2.37. The molecule has 0 radical (unpaired) electrons. The number of aromatic nitrogens is 2. The van der Waals surface area contributed by atoms with Crippen LogP contribution in [0, 0.1) is 20.8 Å². The highest BCUT2D eigenvalue weighted by molar-refractivity contribution is 5.70. The zero-order valence-electron chi connectivity index (χ0n) is 11.6. The molecule has 2 N–H and O–H groups in total. The summed E-state index contributed by atoms with van der Waals surface area (Å²) in [6.45, 7) is 7.15. The van der Waals surface area contributed by atoms with Gasteiger partial charge < -0.3 is 5.73 Å². The van der Waals surface area contributed by atoms with E-state index in [0.29, 0.717) is 6.54 Å². The Morgan fingerprint density at radius 1 is 1.11 bits per heavy atom. The predicted octanol–water partition coefficient (Wildman–Crippen LogP) is 2.51. The molecule has 0 atom stereocenters. The van der Waals surface area contributed by atoms with Gasteiger partial charge in [-0.1, -0.05) is 12.1 Å². The second-order valence-electron chi connectivity index (χ2n) is 4.85. The number of aryl methyl sites for hydroxylation is 2. The highest BCUT2D eigenvalue weighted by atomic mass is 15.3. The molecule has 0 aliphatic carbocycles. The van der Waals surface area contributed by atoms with E-state index in [0.717, 1.165) is 6.42 Å². The van der Waals surface area contributed by atoms with Crippen LogP contribution in [0.1, 0.15) is 22.4 Å². The van der Waals surface area contributed by atoms with Gasteiger partial charge in [-0.2, -0.15) is 5.10 Å². The second kappa shape index (κ2) is 4.94. The van der Waals surface area contributed by atoms with Gasteiger partial charge in [0.25, 0.3) is 0 Å². The molecule has 18 heavy (non-hydrogen) atoms. The van der Waals surface area contributed by atoms with Crippen LogP contribution in [0.25, 0.3) is 11.1 Å². The highest BCUT2D eigenvalue weighted by Crippen LogP contribution is 2.29. The zero-order valence-corrected chi connectivity index (χ0v) is 11.6. The van der Waals surface area contributed by atoms with Gasteiger partial charge in [0, 0.05) is 24.7 Å². The van der Waals surface area contributed by atoms with Crippen molar-refractivity contribution in [2.45, 2.75) is 27.2 Å². The highest BCUT2D eigenvalue weighted by Gasteiger charge is 2.13. The summed E-state index contributed by atoms with van der Waals surface area (Å²) in [5, 5.41) is 4.37. The van der Waals surface area contributed by atoms with Crippen molar-refractivity contribution in [3.05, 3.63) is 40.7 Å². The Labute approximate surface area is 109 Å². The number of nitrogens with zero attached hydrogens (tertiary/aromatic N) is 2. The molecule has 2 aromatic rings. The molecule has 0 aliphatic rings. The Balaban J connectivity index is 2.59. The lowest BCUT2D eigenvalue weighted by Crippen LogP contribution is -2.08. The maximum absolute atomic E-state index is 5.69. The standard InChI is InChI=1S/C15H21N3/c1-10-5-6-13(12(3)11(10)2)14-9-17-18(4)15(14)7-8-16/h5-6,9H,7-8,16H2,1-4H3. The van der Waals surface area contributed by atoms with Crippen LogP contribution in [0.4, 0.5) is 0 Å². The van der Waals surface area contributed by atoms with Crippen LogP contribution in [-0.4, -0.2) is 16.3 Å². The molecule has 3 nitrogen and oxygen atoms in total. The summed E-state index contributed by atoms with van der Waals surface area (Å²) in [6.07, 6.45) is 2.81. The number of rotatable bonds is 3. The van der Waals surface area contributed by atoms with Crippen LogP contribution in [0.15, 0.2) is 18.3 Å². The smallest absolute Gasteiger partial charge is 0.0571 e. The average molecular weight is 243 g/mol. The molecule has 0 bridgehead atoms. The predicted molar refractivity (Wildman–Crippen MR) is 75.6 cm³/mol. The van der Waals surface area contributed by atoms with E-state index in [1.807, 2.05) is 17.9 Å². The number of hydrogen-bond acceptors (Lipinski definition) is 2. The molecular weight excluding hydrogens is 222 g/mol. The topological polar surface area (TPSA) is 43.8 Å². The first-order valence-electron chi connectivity index (χ1n) is 6.34. The van der Waals surface area contributed by atoms with E-state index in [1.165, 1.54) is 33.5 Å². The van der Waals surface area contributed by atoms with Gasteiger partial charge in [-0.15, -0.1) is 0 Å². The van der Waals surface area contributed by atoms with Gasteiger partial charge in [0.05, 0.1) is 6.20 Å². The fourth-order valence-corrected chi connectivity index (χ4v) is 2.37. The fraction of sp³-hybridized carbons (Fsp3) is 0.400. The lowest BCUT2D eigenvalue weighted by molar-refractivity contribution is 0.707. The minimum Gasteiger partial charge on any atom is -0.330 e. The van der Waals surface area contributed by atoms with Gasteiger partial charge in [-0.3, -0.25) is 4.68 Å². The van der Waals surface area contributed by atoms with E-state index in [4.69, 9.17) is 5.73 Å². The number of benzene rings is 1. The molecule has 1 aromatic carbocycles. The van der Waals surface area contributed by atoms with Crippen LogP contribution in [-0.2, 0) is 13.5 Å². The molecule has 0 saturated carbocycles. The minimum absolute atomic E-state index is 0.649. The molecule has 0 spiro atoms. The van der Waals surface area contributed by atoms with Crippen molar-refractivity contribution in [2.75, 3.05) is 6.54 Å². The summed E-state index contributed by atoms with van der Waals surface area (Å²) in [7, 11) is 1.98. The normalized spacial score (nSPS) is 10.9. The number of hydrogen-bond donors (Lipinski definition) is 1. The summed E-state index contributed by atoms with van der Waals surface area (Å²) in [5.74, 6) is 0. The lowest BCUT2D eigenvalue weighted by Gasteiger charge is -2.12. The van der Waals surface area contributed by atoms with Gasteiger partial charge in [0.1, 0.15) is 0 Å². The largest absolute Gasteiger partial charge is 0.330 e. The zero-order chi connectivity index (χ0) is 13.3. The van der Waals surface area contributed by atoms with Crippen LogP contribution in [0.3, 0.4) is 0 Å². The molecule has 0 amide bonds. The Bertz CT molecular complexity index is 567. The van der Waals surface area contributed by atoms with Crippen molar-refractivity contribution < 1.29 is 0 Å². The first-order valence-corrected chi connectivity index (χ1v) is 6.34. The molecule has 0 fully saturated rings. The average Bonchev–Trinajstić information content (AvgIpc) is 2.70. The van der Waals surface area contributed by atoms with Crippen LogP contribution in [0.5, 0.6) is 0 Å². The maximum Gasteiger partial charge on any atom is 0.0571 e. The molecular formula is C15H21N3. The van der Waals surface area contributed by atoms with E-state index < -0.39 is 0 Å². The summed E-state index contributed by atoms with van der Waals surface area (Å²) < 4.78 is 1.93. The van der Waals surface area contributed by atoms with E-state index in [2.05, 4.69) is 38.0 Å². The van der Waals surface area contributed by atoms with Crippen molar-refractivity contribution in [3.63, 3.8) is 0 Å². The van der Waals surface area contributed by atoms with Crippen molar-refractivity contribution in [1.29, 1.82) is 0 Å². The third-order valence-electron chi connectivity index (χ3n) is 3.79. The molecule has 2 rings (SSSR count). The van der Waals surface area contributed by atoms with Gasteiger partial charge in [0.15, 0.2) is 0 Å². The van der Waals surface area contributed by atoms with Crippen LogP contribution < -0.4 is 5.73 Å². The summed E-state index contributed by atoms with van der Waals surface area (Å²) in [6, 6.07) is 4.37. The first kappa shape index (κ1) is 12.8. The molecule has 0 unspecified atom stereocenters. The lowest BCUT2D eigenvalue weighted by atomic mass is 9.94. The first-order chi connectivity index (χ1) is 8.56. The van der Waals surface area contributed by atoms with E-state index in [9.17, 15) is 0 Å². The Kier molecular flexibility index (Phi) is 3.53. The van der Waals surface area contributed by atoms with Gasteiger partial charge in [-0.05, 0) is 49.6 Å². The van der Waals surface area contributed by atoms with E-state index >= 15 is 0 Å². The third-order valence-corrected chi connectivity index (χ3v) is 3.79. The Morgan fingerprint density at radius 3 is 2.50 bits per heavy atom. The van der Waals surface area contributed by atoms with Crippen molar-refractivity contribution in [2.24, 2.45) is 12.8 Å². The van der Waals surface area contributed by atoms with Crippen LogP contribution >= 0.6 is 0 Å². The van der Waals surface area contributed by atoms with Crippen molar-refractivity contribution in [3.8, 4) is 11.1 Å². The molecule has 96 valence electrons. The van der Waals surface area contributed by atoms with E-state index in [-0.39, 0.29) is 0 Å². The molecule has 0 aliphatic heterocycles. The minimum atomic E-state index is 0.649.